The Hall–Kier alpha value is -1.06. The lowest BCUT2D eigenvalue weighted by atomic mass is 9.84. The van der Waals surface area contributed by atoms with Gasteiger partial charge in [0.2, 0.25) is 0 Å². The van der Waals surface area contributed by atoms with Crippen LogP contribution in [0.4, 0.5) is 0 Å². The van der Waals surface area contributed by atoms with E-state index in [0.29, 0.717) is 6.42 Å². The van der Waals surface area contributed by atoms with Gasteiger partial charge in [0.25, 0.3) is 0 Å². The maximum atomic E-state index is 11.9. The molecule has 3 nitrogen and oxygen atoms in total. The Morgan fingerprint density at radius 1 is 1.35 bits per heavy atom. The minimum absolute atomic E-state index is 0. The largest absolute Gasteiger partial charge is 0.452 e. The lowest BCUT2D eigenvalue weighted by Crippen LogP contribution is -2.44. The van der Waals surface area contributed by atoms with Gasteiger partial charge in [-0.1, -0.05) is 44.2 Å². The van der Waals surface area contributed by atoms with Crippen LogP contribution in [-0.2, 0) is 15.1 Å². The van der Waals surface area contributed by atoms with Gasteiger partial charge < -0.3 is 4.74 Å². The molecule has 0 N–H and O–H groups in total. The summed E-state index contributed by atoms with van der Waals surface area (Å²) in [6.07, 6.45) is 2.27. The molecule has 2 rings (SSSR count). The summed E-state index contributed by atoms with van der Waals surface area (Å²) in [5, 5.41) is 0. The average Bonchev–Trinajstić information content (AvgIpc) is 2.77. The molecule has 2 unspecified atom stereocenters. The zero-order valence-corrected chi connectivity index (χ0v) is 13.3. The van der Waals surface area contributed by atoms with E-state index in [1.165, 1.54) is 0 Å². The van der Waals surface area contributed by atoms with Gasteiger partial charge in [-0.05, 0) is 19.0 Å². The fourth-order valence-corrected chi connectivity index (χ4v) is 3.17. The number of carbonyl (C=O) groups excluding carboxylic acids is 1. The van der Waals surface area contributed by atoms with Crippen molar-refractivity contribution in [3.05, 3.63) is 35.9 Å². The monoisotopic (exact) mass is 297 g/mol. The molecular weight excluding hydrogens is 274 g/mol. The molecule has 1 aliphatic heterocycles. The van der Waals surface area contributed by atoms with Gasteiger partial charge in [-0.25, -0.2) is 0 Å². The van der Waals surface area contributed by atoms with Crippen molar-refractivity contribution in [2.45, 2.75) is 44.8 Å². The number of esters is 1. The number of benzene rings is 1. The van der Waals surface area contributed by atoms with E-state index in [0.717, 1.165) is 24.9 Å². The molecule has 1 fully saturated rings. The van der Waals surface area contributed by atoms with Gasteiger partial charge >= 0.3 is 5.97 Å². The third kappa shape index (κ3) is 2.99. The van der Waals surface area contributed by atoms with Crippen LogP contribution < -0.4 is 0 Å². The number of hydrogen-bond donors (Lipinski definition) is 0. The summed E-state index contributed by atoms with van der Waals surface area (Å²) in [5.41, 5.74) is 0.644. The van der Waals surface area contributed by atoms with Crippen molar-refractivity contribution in [2.24, 2.45) is 0 Å². The van der Waals surface area contributed by atoms with Crippen LogP contribution in [0.5, 0.6) is 0 Å². The van der Waals surface area contributed by atoms with Crippen molar-refractivity contribution < 1.29 is 9.53 Å². The van der Waals surface area contributed by atoms with E-state index in [4.69, 9.17) is 4.74 Å². The van der Waals surface area contributed by atoms with E-state index in [1.807, 2.05) is 25.1 Å². The first-order valence-corrected chi connectivity index (χ1v) is 7.11. The van der Waals surface area contributed by atoms with E-state index in [1.54, 1.807) is 0 Å². The van der Waals surface area contributed by atoms with E-state index >= 15 is 0 Å². The minimum atomic E-state index is -0.474. The highest BCUT2D eigenvalue weighted by Crippen LogP contribution is 2.42. The first-order valence-electron chi connectivity index (χ1n) is 7.11. The maximum absolute atomic E-state index is 11.9. The zero-order chi connectivity index (χ0) is 13.9. The van der Waals surface area contributed by atoms with E-state index in [9.17, 15) is 4.79 Å². The predicted octanol–water partition coefficient (Wildman–Crippen LogP) is 3.37. The molecule has 1 aromatic rings. The van der Waals surface area contributed by atoms with E-state index in [2.05, 4.69) is 31.0 Å². The second kappa shape index (κ2) is 7.09. The van der Waals surface area contributed by atoms with E-state index < -0.39 is 5.60 Å². The fraction of sp³-hybridized carbons (Fsp3) is 0.562. The van der Waals surface area contributed by atoms with Gasteiger partial charge in [-0.3, -0.25) is 9.69 Å². The van der Waals surface area contributed by atoms with Crippen molar-refractivity contribution in [3.63, 3.8) is 0 Å². The second-order valence-corrected chi connectivity index (χ2v) is 5.24. The molecule has 20 heavy (non-hydrogen) atoms. The summed E-state index contributed by atoms with van der Waals surface area (Å²) < 4.78 is 5.93. The Balaban J connectivity index is 0.00000200. The Labute approximate surface area is 127 Å². The molecule has 0 bridgehead atoms. The minimum Gasteiger partial charge on any atom is -0.452 e. The Morgan fingerprint density at radius 2 is 2.00 bits per heavy atom. The summed E-state index contributed by atoms with van der Waals surface area (Å²) in [6.45, 7) is 4.97. The van der Waals surface area contributed by atoms with Crippen LogP contribution in [0, 0.1) is 0 Å². The second-order valence-electron chi connectivity index (χ2n) is 5.24. The highest BCUT2D eigenvalue weighted by Gasteiger charge is 2.49. The SMILES string of the molecule is CCC(=O)OC1(c2ccccc2)CCN(C)C1CC.Cl. The third-order valence-electron chi connectivity index (χ3n) is 4.14. The third-order valence-corrected chi connectivity index (χ3v) is 4.14. The normalized spacial score (nSPS) is 26.1. The van der Waals surface area contributed by atoms with Gasteiger partial charge in [0, 0.05) is 19.4 Å². The number of nitrogens with zero attached hydrogens (tertiary/aromatic N) is 1. The van der Waals surface area contributed by atoms with Crippen LogP contribution in [0.2, 0.25) is 0 Å². The van der Waals surface area contributed by atoms with E-state index in [-0.39, 0.29) is 24.4 Å². The van der Waals surface area contributed by atoms with Crippen molar-refractivity contribution in [3.8, 4) is 0 Å². The molecule has 0 saturated carbocycles. The summed E-state index contributed by atoms with van der Waals surface area (Å²) in [6, 6.07) is 10.4. The molecule has 1 aromatic carbocycles. The average molecular weight is 298 g/mol. The first-order chi connectivity index (χ1) is 9.14. The molecule has 0 aromatic heterocycles. The maximum Gasteiger partial charge on any atom is 0.306 e. The van der Waals surface area contributed by atoms with Gasteiger partial charge in [-0.15, -0.1) is 12.4 Å². The zero-order valence-electron chi connectivity index (χ0n) is 12.5. The smallest absolute Gasteiger partial charge is 0.306 e. The van der Waals surface area contributed by atoms with Gasteiger partial charge in [-0.2, -0.15) is 0 Å². The van der Waals surface area contributed by atoms with Gasteiger partial charge in [0.1, 0.15) is 0 Å². The summed E-state index contributed by atoms with van der Waals surface area (Å²) in [5.74, 6) is -0.113. The van der Waals surface area contributed by atoms with Crippen LogP contribution in [-0.4, -0.2) is 30.5 Å². The van der Waals surface area contributed by atoms with Gasteiger partial charge in [0.05, 0.1) is 6.04 Å². The molecule has 0 aliphatic carbocycles. The van der Waals surface area contributed by atoms with Crippen molar-refractivity contribution in [2.75, 3.05) is 13.6 Å². The van der Waals surface area contributed by atoms with Crippen molar-refractivity contribution >= 4 is 18.4 Å². The van der Waals surface area contributed by atoms with Crippen LogP contribution >= 0.6 is 12.4 Å². The van der Waals surface area contributed by atoms with Gasteiger partial charge in [0.15, 0.2) is 5.60 Å². The fourth-order valence-electron chi connectivity index (χ4n) is 3.17. The molecule has 0 radical (unpaired) electrons. The molecule has 112 valence electrons. The topological polar surface area (TPSA) is 29.5 Å². The summed E-state index contributed by atoms with van der Waals surface area (Å²) >= 11 is 0. The lowest BCUT2D eigenvalue weighted by Gasteiger charge is -2.36. The first kappa shape index (κ1) is 17.0. The predicted molar refractivity (Wildman–Crippen MR) is 83.1 cm³/mol. The van der Waals surface area contributed by atoms with Crippen LogP contribution in [0.25, 0.3) is 0 Å². The van der Waals surface area contributed by atoms with Crippen LogP contribution in [0.15, 0.2) is 30.3 Å². The number of carbonyl (C=O) groups is 1. The van der Waals surface area contributed by atoms with Crippen LogP contribution in [0.1, 0.15) is 38.7 Å². The molecule has 0 amide bonds. The highest BCUT2D eigenvalue weighted by molar-refractivity contribution is 5.85. The molecule has 2 atom stereocenters. The number of halogens is 1. The quantitative estimate of drug-likeness (QED) is 0.798. The van der Waals surface area contributed by atoms with Crippen LogP contribution in [0.3, 0.4) is 0 Å². The molecule has 1 saturated heterocycles. The number of likely N-dealkylation sites (N-methyl/N-ethyl adjacent to an activating group) is 1. The summed E-state index contributed by atoms with van der Waals surface area (Å²) in [7, 11) is 2.11. The number of hydrogen-bond acceptors (Lipinski definition) is 3. The number of likely N-dealkylation sites (tertiary alicyclic amines) is 1. The van der Waals surface area contributed by atoms with Crippen molar-refractivity contribution in [1.82, 2.24) is 4.90 Å². The molecule has 1 heterocycles. The highest BCUT2D eigenvalue weighted by atomic mass is 35.5. The molecule has 1 aliphatic rings. The molecule has 0 spiro atoms. The number of ether oxygens (including phenoxy) is 1. The lowest BCUT2D eigenvalue weighted by molar-refractivity contribution is -0.163. The van der Waals surface area contributed by atoms with Crippen molar-refractivity contribution in [1.29, 1.82) is 0 Å². The Bertz CT molecular complexity index is 437. The Morgan fingerprint density at radius 3 is 2.55 bits per heavy atom. The standard InChI is InChI=1S/C16H23NO2.ClH/c1-4-14-16(11-12-17(14)3,19-15(18)5-2)13-9-7-6-8-10-13;/h6-10,14H,4-5,11-12H2,1-3H3;1H. The number of rotatable bonds is 4. The summed E-state index contributed by atoms with van der Waals surface area (Å²) in [4.78, 5) is 14.2. The Kier molecular flexibility index (Phi) is 6.03. The molecular formula is C16H24ClNO2. The molecule has 4 heteroatoms.